The summed E-state index contributed by atoms with van der Waals surface area (Å²) in [4.78, 5) is 0. The fraction of sp³-hybridized carbons (Fsp3) is 0.500. The van der Waals surface area contributed by atoms with Gasteiger partial charge in [-0.3, -0.25) is 0 Å². The molecular formula is C6H8ClN3O. The third-order valence-corrected chi connectivity index (χ3v) is 1.07. The zero-order valence-electron chi connectivity index (χ0n) is 6.28. The van der Waals surface area contributed by atoms with Gasteiger partial charge in [0.25, 0.3) is 0 Å². The average molecular weight is 174 g/mol. The van der Waals surface area contributed by atoms with Gasteiger partial charge in [0.05, 0.1) is 6.10 Å². The van der Waals surface area contributed by atoms with Crippen molar-refractivity contribution >= 4 is 11.6 Å². The summed E-state index contributed by atoms with van der Waals surface area (Å²) in [5.41, 5.74) is 0. The Bertz CT molecular complexity index is 241. The lowest BCUT2D eigenvalue weighted by Crippen LogP contribution is -2.07. The van der Waals surface area contributed by atoms with Crippen molar-refractivity contribution in [3.8, 4) is 5.88 Å². The summed E-state index contributed by atoms with van der Waals surface area (Å²) in [5.74, 6) is 0.403. The molecule has 0 saturated carbocycles. The molecule has 11 heavy (non-hydrogen) atoms. The van der Waals surface area contributed by atoms with Gasteiger partial charge in [0.15, 0.2) is 5.15 Å². The maximum absolute atomic E-state index is 5.53. The van der Waals surface area contributed by atoms with Gasteiger partial charge in [-0.2, -0.15) is 0 Å². The van der Waals surface area contributed by atoms with E-state index in [2.05, 4.69) is 15.4 Å². The molecule has 0 aliphatic carbocycles. The van der Waals surface area contributed by atoms with E-state index in [1.165, 1.54) is 6.07 Å². The summed E-state index contributed by atoms with van der Waals surface area (Å²) >= 11 is 5.53. The minimum absolute atomic E-state index is 0.0720. The molecule has 0 amide bonds. The van der Waals surface area contributed by atoms with Gasteiger partial charge in [-0.15, -0.1) is 5.10 Å². The fourth-order valence-electron chi connectivity index (χ4n) is 0.568. The first-order valence-corrected chi connectivity index (χ1v) is 3.59. The highest BCUT2D eigenvalue weighted by Gasteiger charge is 2.00. The average Bonchev–Trinajstić information content (AvgIpc) is 1.85. The number of halogens is 1. The van der Waals surface area contributed by atoms with Crippen LogP contribution >= 0.6 is 11.6 Å². The molecule has 0 unspecified atom stereocenters. The van der Waals surface area contributed by atoms with Crippen molar-refractivity contribution in [2.45, 2.75) is 20.0 Å². The van der Waals surface area contributed by atoms with Crippen molar-refractivity contribution < 1.29 is 4.74 Å². The van der Waals surface area contributed by atoms with E-state index in [1.54, 1.807) is 0 Å². The van der Waals surface area contributed by atoms with E-state index in [9.17, 15) is 0 Å². The van der Waals surface area contributed by atoms with Gasteiger partial charge < -0.3 is 4.74 Å². The van der Waals surface area contributed by atoms with Crippen LogP contribution in [0.5, 0.6) is 5.88 Å². The monoisotopic (exact) mass is 173 g/mol. The van der Waals surface area contributed by atoms with Gasteiger partial charge in [-0.1, -0.05) is 16.7 Å². The highest BCUT2D eigenvalue weighted by atomic mass is 35.5. The Kier molecular flexibility index (Phi) is 2.59. The van der Waals surface area contributed by atoms with Crippen LogP contribution in [-0.4, -0.2) is 21.5 Å². The van der Waals surface area contributed by atoms with Crippen LogP contribution in [0.25, 0.3) is 0 Å². The molecule has 0 N–H and O–H groups in total. The molecule has 0 bridgehead atoms. The molecule has 1 aromatic heterocycles. The maximum atomic E-state index is 5.53. The summed E-state index contributed by atoms with van der Waals surface area (Å²) in [6, 6.07) is 1.52. The first-order chi connectivity index (χ1) is 5.18. The molecule has 0 aromatic carbocycles. The van der Waals surface area contributed by atoms with E-state index in [0.717, 1.165) is 0 Å². The van der Waals surface area contributed by atoms with Crippen molar-refractivity contribution in [1.82, 2.24) is 15.4 Å². The number of rotatable bonds is 2. The highest BCUT2D eigenvalue weighted by molar-refractivity contribution is 6.29. The summed E-state index contributed by atoms with van der Waals surface area (Å²) in [7, 11) is 0. The second-order valence-corrected chi connectivity index (χ2v) is 2.65. The van der Waals surface area contributed by atoms with E-state index < -0.39 is 0 Å². The van der Waals surface area contributed by atoms with Gasteiger partial charge >= 0.3 is 0 Å². The predicted octanol–water partition coefficient (Wildman–Crippen LogP) is 1.31. The summed E-state index contributed by atoms with van der Waals surface area (Å²) < 4.78 is 5.20. The lowest BCUT2D eigenvalue weighted by Gasteiger charge is -2.06. The largest absolute Gasteiger partial charge is 0.474 e. The SMILES string of the molecule is CC(C)Oc1cc(Cl)nnn1. The van der Waals surface area contributed by atoms with Crippen LogP contribution in [0.4, 0.5) is 0 Å². The Morgan fingerprint density at radius 1 is 1.45 bits per heavy atom. The second-order valence-electron chi connectivity index (χ2n) is 2.26. The van der Waals surface area contributed by atoms with E-state index in [4.69, 9.17) is 16.3 Å². The normalized spacial score (nSPS) is 10.2. The van der Waals surface area contributed by atoms with Gasteiger partial charge in [0.1, 0.15) is 0 Å². The van der Waals surface area contributed by atoms with Crippen LogP contribution < -0.4 is 4.74 Å². The summed E-state index contributed by atoms with van der Waals surface area (Å²) in [6.45, 7) is 3.80. The third kappa shape index (κ3) is 2.67. The Morgan fingerprint density at radius 2 is 2.18 bits per heavy atom. The first-order valence-electron chi connectivity index (χ1n) is 3.21. The molecule has 0 aliphatic rings. The molecule has 4 nitrogen and oxygen atoms in total. The minimum atomic E-state index is 0.0720. The van der Waals surface area contributed by atoms with Crippen LogP contribution in [0.15, 0.2) is 6.07 Å². The van der Waals surface area contributed by atoms with Crippen LogP contribution in [0.2, 0.25) is 5.15 Å². The topological polar surface area (TPSA) is 47.9 Å². The Morgan fingerprint density at radius 3 is 2.73 bits per heavy atom. The molecular weight excluding hydrogens is 166 g/mol. The number of aromatic nitrogens is 3. The van der Waals surface area contributed by atoms with Crippen molar-refractivity contribution in [2.75, 3.05) is 0 Å². The quantitative estimate of drug-likeness (QED) is 0.677. The maximum Gasteiger partial charge on any atom is 0.238 e. The molecule has 0 fully saturated rings. The van der Waals surface area contributed by atoms with Gasteiger partial charge in [-0.25, -0.2) is 0 Å². The zero-order chi connectivity index (χ0) is 8.27. The molecule has 0 saturated heterocycles. The molecule has 0 aliphatic heterocycles. The van der Waals surface area contributed by atoms with Gasteiger partial charge in [0, 0.05) is 6.07 Å². The van der Waals surface area contributed by atoms with Crippen molar-refractivity contribution in [2.24, 2.45) is 0 Å². The smallest absolute Gasteiger partial charge is 0.238 e. The highest BCUT2D eigenvalue weighted by Crippen LogP contribution is 2.10. The van der Waals surface area contributed by atoms with Crippen molar-refractivity contribution in [3.05, 3.63) is 11.2 Å². The van der Waals surface area contributed by atoms with Gasteiger partial charge in [-0.05, 0) is 19.1 Å². The Hall–Kier alpha value is -0.900. The predicted molar refractivity (Wildman–Crippen MR) is 40.6 cm³/mol. The minimum Gasteiger partial charge on any atom is -0.474 e. The number of hydrogen-bond donors (Lipinski definition) is 0. The lowest BCUT2D eigenvalue weighted by molar-refractivity contribution is 0.229. The zero-order valence-corrected chi connectivity index (χ0v) is 7.04. The molecule has 0 spiro atoms. The molecule has 1 rings (SSSR count). The van der Waals surface area contributed by atoms with E-state index >= 15 is 0 Å². The summed E-state index contributed by atoms with van der Waals surface area (Å²) in [5, 5.41) is 10.8. The first kappa shape index (κ1) is 8.20. The van der Waals surface area contributed by atoms with E-state index in [-0.39, 0.29) is 11.3 Å². The van der Waals surface area contributed by atoms with Crippen LogP contribution in [0.1, 0.15) is 13.8 Å². The molecule has 60 valence electrons. The van der Waals surface area contributed by atoms with Crippen LogP contribution in [-0.2, 0) is 0 Å². The molecule has 0 radical (unpaired) electrons. The second kappa shape index (κ2) is 3.48. The fourth-order valence-corrected chi connectivity index (χ4v) is 0.695. The van der Waals surface area contributed by atoms with Crippen LogP contribution in [0.3, 0.4) is 0 Å². The molecule has 0 atom stereocenters. The summed E-state index contributed by atoms with van der Waals surface area (Å²) in [6.07, 6.45) is 0.0720. The number of hydrogen-bond acceptors (Lipinski definition) is 4. The molecule has 1 heterocycles. The Balaban J connectivity index is 2.71. The van der Waals surface area contributed by atoms with E-state index in [0.29, 0.717) is 5.88 Å². The van der Waals surface area contributed by atoms with Crippen LogP contribution in [0, 0.1) is 0 Å². The number of ether oxygens (including phenoxy) is 1. The number of nitrogens with zero attached hydrogens (tertiary/aromatic N) is 3. The standard InChI is InChI=1S/C6H8ClN3O/c1-4(2)11-6-3-5(7)8-10-9-6/h3-4H,1-2H3. The molecule has 5 heteroatoms. The van der Waals surface area contributed by atoms with E-state index in [1.807, 2.05) is 13.8 Å². The van der Waals surface area contributed by atoms with Gasteiger partial charge in [0.2, 0.25) is 5.88 Å². The molecule has 1 aromatic rings. The van der Waals surface area contributed by atoms with Crippen molar-refractivity contribution in [3.63, 3.8) is 0 Å². The Labute approximate surface area is 69.5 Å². The third-order valence-electron chi connectivity index (χ3n) is 0.883. The van der Waals surface area contributed by atoms with Crippen molar-refractivity contribution in [1.29, 1.82) is 0 Å². The lowest BCUT2D eigenvalue weighted by atomic mass is 10.5.